The van der Waals surface area contributed by atoms with E-state index in [-0.39, 0.29) is 6.10 Å². The molecule has 0 amide bonds. The minimum Gasteiger partial charge on any atom is -0.497 e. The van der Waals surface area contributed by atoms with Gasteiger partial charge in [0.15, 0.2) is 11.5 Å². The van der Waals surface area contributed by atoms with Crippen LogP contribution < -0.4 is 9.47 Å². The number of hydrogen-bond donors (Lipinski definition) is 0. The third kappa shape index (κ3) is 3.29. The molecule has 0 saturated heterocycles. The highest BCUT2D eigenvalue weighted by atomic mass is 16.6. The van der Waals surface area contributed by atoms with Gasteiger partial charge in [-0.05, 0) is 41.0 Å². The lowest BCUT2D eigenvalue weighted by Crippen LogP contribution is -2.16. The van der Waals surface area contributed by atoms with E-state index >= 15 is 0 Å². The molecule has 0 bridgehead atoms. The van der Waals surface area contributed by atoms with Crippen LogP contribution in [0.25, 0.3) is 5.57 Å². The maximum atomic E-state index is 9.23. The molecule has 5 heteroatoms. The van der Waals surface area contributed by atoms with E-state index in [0.717, 1.165) is 28.2 Å². The van der Waals surface area contributed by atoms with Crippen LogP contribution >= 0.6 is 0 Å². The van der Waals surface area contributed by atoms with E-state index in [4.69, 9.17) is 18.9 Å². The van der Waals surface area contributed by atoms with Crippen LogP contribution in [0.4, 0.5) is 0 Å². The summed E-state index contributed by atoms with van der Waals surface area (Å²) in [6.45, 7) is 1.08. The fourth-order valence-electron chi connectivity index (χ4n) is 2.84. The Morgan fingerprint density at radius 3 is 2.75 bits per heavy atom. The zero-order valence-electron chi connectivity index (χ0n) is 13.7. The summed E-state index contributed by atoms with van der Waals surface area (Å²) in [6.07, 6.45) is 6.00. The maximum absolute atomic E-state index is 9.23. The highest BCUT2D eigenvalue weighted by Gasteiger charge is 2.21. The van der Waals surface area contributed by atoms with E-state index in [1.807, 2.05) is 30.4 Å². The van der Waals surface area contributed by atoms with Gasteiger partial charge < -0.3 is 18.9 Å². The Balaban J connectivity index is 1.99. The van der Waals surface area contributed by atoms with Gasteiger partial charge in [-0.3, -0.25) is 0 Å². The number of ether oxygens (including phenoxy) is 4. The summed E-state index contributed by atoms with van der Waals surface area (Å²) < 4.78 is 22.0. The number of rotatable bonds is 4. The predicted octanol–water partition coefficient (Wildman–Crippen LogP) is 3.24. The van der Waals surface area contributed by atoms with Gasteiger partial charge in [-0.25, -0.2) is 0 Å². The molecule has 0 fully saturated rings. The maximum Gasteiger partial charge on any atom is 0.161 e. The first kappa shape index (κ1) is 16.2. The second-order valence-corrected chi connectivity index (χ2v) is 5.47. The first-order chi connectivity index (χ1) is 11.7. The Labute approximate surface area is 141 Å². The molecule has 1 aliphatic carbocycles. The Morgan fingerprint density at radius 2 is 2.04 bits per heavy atom. The largest absolute Gasteiger partial charge is 0.497 e. The van der Waals surface area contributed by atoms with Crippen molar-refractivity contribution in [3.63, 3.8) is 0 Å². The quantitative estimate of drug-likeness (QED) is 0.795. The number of methoxy groups -OCH3 is 2. The summed E-state index contributed by atoms with van der Waals surface area (Å²) in [5.41, 5.74) is 2.72. The highest BCUT2D eigenvalue weighted by molar-refractivity contribution is 5.82. The van der Waals surface area contributed by atoms with Gasteiger partial charge >= 0.3 is 0 Å². The molecular formula is C19H19NO4. The molecule has 0 spiro atoms. The van der Waals surface area contributed by atoms with Crippen LogP contribution in [0, 0.1) is 11.3 Å². The Hall–Kier alpha value is -2.71. The van der Waals surface area contributed by atoms with E-state index in [1.54, 1.807) is 20.3 Å². The summed E-state index contributed by atoms with van der Waals surface area (Å²) >= 11 is 0. The third-order valence-corrected chi connectivity index (χ3v) is 4.03. The minimum absolute atomic E-state index is 0.0840. The van der Waals surface area contributed by atoms with Crippen molar-refractivity contribution in [1.82, 2.24) is 0 Å². The molecule has 0 N–H and O–H groups in total. The molecule has 24 heavy (non-hydrogen) atoms. The van der Waals surface area contributed by atoms with Crippen LogP contribution in [0.15, 0.2) is 47.8 Å². The van der Waals surface area contributed by atoms with Gasteiger partial charge in [0.05, 0.1) is 19.3 Å². The van der Waals surface area contributed by atoms with Gasteiger partial charge in [0.1, 0.15) is 19.0 Å². The molecule has 1 unspecified atom stereocenters. The van der Waals surface area contributed by atoms with Gasteiger partial charge in [-0.2, -0.15) is 5.26 Å². The fraction of sp³-hybridized carbons (Fsp3) is 0.316. The summed E-state index contributed by atoms with van der Waals surface area (Å²) in [5.74, 6) is 2.15. The number of nitriles is 1. The number of nitrogens with zero attached hydrogens (tertiary/aromatic N) is 1. The SMILES string of the molecule is COC1=CC(OC)CC(C(=CC#N)c2ccc3c(c2)OCCO3)=C1. The number of fused-ring (bicyclic) bond motifs is 1. The van der Waals surface area contributed by atoms with Crippen molar-refractivity contribution < 1.29 is 18.9 Å². The van der Waals surface area contributed by atoms with Crippen molar-refractivity contribution in [1.29, 1.82) is 5.26 Å². The Bertz CT molecular complexity index is 755. The van der Waals surface area contributed by atoms with E-state index < -0.39 is 0 Å². The first-order valence-corrected chi connectivity index (χ1v) is 7.74. The standard InChI is InChI=1S/C19H19NO4/c1-21-15-9-14(10-16(12-15)22-2)17(5-6-20)13-3-4-18-19(11-13)24-8-7-23-18/h3-5,9,11-12,16H,7-8,10H2,1-2H3. The lowest BCUT2D eigenvalue weighted by atomic mass is 9.90. The topological polar surface area (TPSA) is 60.7 Å². The van der Waals surface area contributed by atoms with Crippen LogP contribution in [-0.2, 0) is 9.47 Å². The molecule has 0 radical (unpaired) electrons. The Morgan fingerprint density at radius 1 is 1.25 bits per heavy atom. The molecule has 124 valence electrons. The van der Waals surface area contributed by atoms with E-state index in [0.29, 0.717) is 25.4 Å². The van der Waals surface area contributed by atoms with Crippen LogP contribution in [0.3, 0.4) is 0 Å². The van der Waals surface area contributed by atoms with Crippen LogP contribution in [0.2, 0.25) is 0 Å². The molecule has 1 heterocycles. The first-order valence-electron chi connectivity index (χ1n) is 7.74. The Kier molecular flexibility index (Phi) is 4.88. The minimum atomic E-state index is -0.0840. The van der Waals surface area contributed by atoms with Gasteiger partial charge in [0.25, 0.3) is 0 Å². The second kappa shape index (κ2) is 7.24. The molecule has 1 aliphatic heterocycles. The summed E-state index contributed by atoms with van der Waals surface area (Å²) in [5, 5.41) is 9.23. The summed E-state index contributed by atoms with van der Waals surface area (Å²) in [7, 11) is 3.28. The normalized spacial score (nSPS) is 19.9. The van der Waals surface area contributed by atoms with Crippen LogP contribution in [-0.4, -0.2) is 33.5 Å². The fourth-order valence-corrected chi connectivity index (χ4v) is 2.84. The average molecular weight is 325 g/mol. The molecule has 5 nitrogen and oxygen atoms in total. The van der Waals surface area contributed by atoms with Crippen molar-refractivity contribution in [2.45, 2.75) is 12.5 Å². The average Bonchev–Trinajstić information content (AvgIpc) is 2.65. The zero-order chi connectivity index (χ0) is 16.9. The van der Waals surface area contributed by atoms with Crippen molar-refractivity contribution in [2.75, 3.05) is 27.4 Å². The second-order valence-electron chi connectivity index (χ2n) is 5.47. The van der Waals surface area contributed by atoms with Gasteiger partial charge in [-0.1, -0.05) is 6.07 Å². The molecule has 2 aliphatic rings. The summed E-state index contributed by atoms with van der Waals surface area (Å²) in [6, 6.07) is 7.85. The van der Waals surface area contributed by atoms with E-state index in [1.165, 1.54) is 0 Å². The van der Waals surface area contributed by atoms with Crippen molar-refractivity contribution in [3.05, 3.63) is 53.3 Å². The number of hydrogen-bond acceptors (Lipinski definition) is 5. The van der Waals surface area contributed by atoms with Crippen molar-refractivity contribution >= 4 is 5.57 Å². The zero-order valence-corrected chi connectivity index (χ0v) is 13.7. The molecule has 3 rings (SSSR count). The van der Waals surface area contributed by atoms with Gasteiger partial charge in [-0.15, -0.1) is 0 Å². The van der Waals surface area contributed by atoms with Crippen LogP contribution in [0.1, 0.15) is 12.0 Å². The third-order valence-electron chi connectivity index (χ3n) is 4.03. The van der Waals surface area contributed by atoms with Crippen LogP contribution in [0.5, 0.6) is 11.5 Å². The molecule has 1 aromatic rings. The predicted molar refractivity (Wildman–Crippen MR) is 89.6 cm³/mol. The smallest absolute Gasteiger partial charge is 0.161 e. The molecule has 1 atom stereocenters. The molecule has 1 aromatic carbocycles. The van der Waals surface area contributed by atoms with E-state index in [2.05, 4.69) is 6.07 Å². The number of allylic oxidation sites excluding steroid dienone is 3. The lowest BCUT2D eigenvalue weighted by Gasteiger charge is -2.23. The molecular weight excluding hydrogens is 306 g/mol. The molecule has 0 saturated carbocycles. The van der Waals surface area contributed by atoms with Gasteiger partial charge in [0, 0.05) is 19.6 Å². The summed E-state index contributed by atoms with van der Waals surface area (Å²) in [4.78, 5) is 0. The number of benzene rings is 1. The van der Waals surface area contributed by atoms with Gasteiger partial charge in [0.2, 0.25) is 0 Å². The monoisotopic (exact) mass is 325 g/mol. The lowest BCUT2D eigenvalue weighted by molar-refractivity contribution is 0.135. The highest BCUT2D eigenvalue weighted by Crippen LogP contribution is 2.37. The van der Waals surface area contributed by atoms with Crippen molar-refractivity contribution in [2.24, 2.45) is 0 Å². The van der Waals surface area contributed by atoms with E-state index in [9.17, 15) is 5.26 Å². The molecule has 0 aromatic heterocycles. The van der Waals surface area contributed by atoms with Crippen molar-refractivity contribution in [3.8, 4) is 17.6 Å².